The Balaban J connectivity index is 1.65. The van der Waals surface area contributed by atoms with E-state index < -0.39 is 36.0 Å². The zero-order valence-corrected chi connectivity index (χ0v) is 19.8. The maximum absolute atomic E-state index is 12.7. The number of rotatable bonds is 9. The van der Waals surface area contributed by atoms with Gasteiger partial charge >= 0.3 is 0 Å². The quantitative estimate of drug-likeness (QED) is 0.504. The molecule has 2 fully saturated rings. The van der Waals surface area contributed by atoms with Crippen LogP contribution in [0.3, 0.4) is 0 Å². The third-order valence-electron chi connectivity index (χ3n) is 6.24. The molecule has 174 valence electrons. The van der Waals surface area contributed by atoms with Crippen LogP contribution >= 0.6 is 11.9 Å². The SMILES string of the molecule is CCCC[C@H](OCl)[C@H]1O[C@]2(C(C)=O)OC(C)(C)O[C@@H]2[C@H]1OCc1cccc2ccccc12. The van der Waals surface area contributed by atoms with Crippen LogP contribution in [0.4, 0.5) is 0 Å². The van der Waals surface area contributed by atoms with Crippen LogP contribution < -0.4 is 0 Å². The minimum atomic E-state index is -1.54. The van der Waals surface area contributed by atoms with Crippen LogP contribution in [-0.2, 0) is 34.6 Å². The van der Waals surface area contributed by atoms with E-state index in [4.69, 9.17) is 35.1 Å². The Labute approximate surface area is 194 Å². The highest BCUT2D eigenvalue weighted by Gasteiger charge is 2.69. The van der Waals surface area contributed by atoms with Gasteiger partial charge in [0.25, 0.3) is 5.79 Å². The molecule has 0 N–H and O–H groups in total. The fourth-order valence-electron chi connectivity index (χ4n) is 4.74. The van der Waals surface area contributed by atoms with Crippen molar-refractivity contribution in [2.45, 2.75) is 89.6 Å². The highest BCUT2D eigenvalue weighted by molar-refractivity contribution is 6.07. The fraction of sp³-hybridized carbons (Fsp3) is 0.560. The van der Waals surface area contributed by atoms with Gasteiger partial charge in [0.1, 0.15) is 18.3 Å². The Hall–Kier alpha value is -1.54. The van der Waals surface area contributed by atoms with Gasteiger partial charge in [-0.05, 0) is 36.6 Å². The molecule has 0 amide bonds. The first-order valence-corrected chi connectivity index (χ1v) is 11.5. The molecule has 2 aromatic rings. The molecule has 5 atom stereocenters. The Morgan fingerprint density at radius 1 is 1.16 bits per heavy atom. The second kappa shape index (κ2) is 9.37. The van der Waals surface area contributed by atoms with Crippen molar-refractivity contribution < 1.29 is 28.0 Å². The number of carbonyl (C=O) groups excluding carboxylic acids is 1. The Morgan fingerprint density at radius 2 is 1.91 bits per heavy atom. The van der Waals surface area contributed by atoms with Crippen molar-refractivity contribution >= 4 is 28.4 Å². The highest BCUT2D eigenvalue weighted by Crippen LogP contribution is 2.48. The van der Waals surface area contributed by atoms with Gasteiger partial charge in [-0.3, -0.25) is 9.08 Å². The molecule has 0 bridgehead atoms. The summed E-state index contributed by atoms with van der Waals surface area (Å²) in [7, 11) is 0. The lowest BCUT2D eigenvalue weighted by atomic mass is 9.97. The zero-order valence-electron chi connectivity index (χ0n) is 19.0. The van der Waals surface area contributed by atoms with Crippen LogP contribution in [0.5, 0.6) is 0 Å². The van der Waals surface area contributed by atoms with Crippen LogP contribution in [0.25, 0.3) is 10.8 Å². The monoisotopic (exact) mass is 462 g/mol. The predicted molar refractivity (Wildman–Crippen MR) is 121 cm³/mol. The number of Topliss-reactive ketones (excluding diaryl/α,β-unsaturated/α-hetero) is 1. The summed E-state index contributed by atoms with van der Waals surface area (Å²) in [5.41, 5.74) is 1.04. The molecule has 2 aliphatic heterocycles. The van der Waals surface area contributed by atoms with E-state index in [0.29, 0.717) is 13.0 Å². The molecule has 32 heavy (non-hydrogen) atoms. The summed E-state index contributed by atoms with van der Waals surface area (Å²) in [4.78, 5) is 12.7. The number of hydrogen-bond acceptors (Lipinski definition) is 6. The van der Waals surface area contributed by atoms with Crippen molar-refractivity contribution in [1.82, 2.24) is 0 Å². The number of hydrogen-bond donors (Lipinski definition) is 0. The van der Waals surface area contributed by atoms with Gasteiger partial charge in [-0.15, -0.1) is 0 Å². The third-order valence-corrected chi connectivity index (χ3v) is 6.47. The first-order valence-electron chi connectivity index (χ1n) is 11.2. The number of ether oxygens (including phenoxy) is 4. The smallest absolute Gasteiger partial charge is 0.261 e. The number of halogens is 1. The molecule has 0 radical (unpaired) electrons. The lowest BCUT2D eigenvalue weighted by molar-refractivity contribution is -0.262. The van der Waals surface area contributed by atoms with Crippen LogP contribution in [-0.4, -0.2) is 41.8 Å². The van der Waals surface area contributed by atoms with Crippen LogP contribution in [0.15, 0.2) is 42.5 Å². The molecule has 2 aliphatic rings. The molecular weight excluding hydrogens is 432 g/mol. The van der Waals surface area contributed by atoms with Crippen LogP contribution in [0.1, 0.15) is 52.5 Å². The number of fused-ring (bicyclic) bond motifs is 2. The minimum Gasteiger partial charge on any atom is -0.368 e. The van der Waals surface area contributed by atoms with Gasteiger partial charge in [-0.25, -0.2) is 0 Å². The van der Waals surface area contributed by atoms with Crippen LogP contribution in [0, 0.1) is 0 Å². The maximum atomic E-state index is 12.7. The average molecular weight is 463 g/mol. The number of ketones is 1. The third kappa shape index (κ3) is 4.32. The summed E-state index contributed by atoms with van der Waals surface area (Å²) in [6, 6.07) is 14.3. The zero-order chi connectivity index (χ0) is 22.9. The van der Waals surface area contributed by atoms with E-state index in [2.05, 4.69) is 25.1 Å². The number of unbranched alkanes of at least 4 members (excludes halogenated alkanes) is 1. The van der Waals surface area contributed by atoms with E-state index in [9.17, 15) is 4.79 Å². The van der Waals surface area contributed by atoms with Crippen molar-refractivity contribution in [2.24, 2.45) is 0 Å². The molecule has 6 nitrogen and oxygen atoms in total. The molecule has 4 rings (SSSR count). The molecule has 0 aromatic heterocycles. The molecule has 0 unspecified atom stereocenters. The molecule has 2 saturated heterocycles. The summed E-state index contributed by atoms with van der Waals surface area (Å²) >= 11 is 5.88. The van der Waals surface area contributed by atoms with Crippen molar-refractivity contribution in [1.29, 1.82) is 0 Å². The standard InChI is InChI=1S/C25H31ClO6/c1-5-6-14-20(31-26)21-22(23-25(29-21,16(2)27)32-24(3,4)30-23)28-15-18-12-9-11-17-10-7-8-13-19(17)18/h7-13,20-23H,5-6,14-15H2,1-4H3/t20-,21+,22-,23+,25+/m0/s1. The van der Waals surface area contributed by atoms with Crippen molar-refractivity contribution in [3.05, 3.63) is 48.0 Å². The molecule has 2 aromatic carbocycles. The summed E-state index contributed by atoms with van der Waals surface area (Å²) in [5, 5.41) is 2.25. The lowest BCUT2D eigenvalue weighted by Crippen LogP contribution is -2.47. The lowest BCUT2D eigenvalue weighted by Gasteiger charge is -2.30. The number of carbonyl (C=O) groups is 1. The Bertz CT molecular complexity index is 957. The molecule has 0 aliphatic carbocycles. The topological polar surface area (TPSA) is 63.2 Å². The minimum absolute atomic E-state index is 0.266. The van der Waals surface area contributed by atoms with Gasteiger partial charge in [0, 0.05) is 6.92 Å². The van der Waals surface area contributed by atoms with E-state index in [1.807, 2.05) is 24.3 Å². The summed E-state index contributed by atoms with van der Waals surface area (Å²) in [5.74, 6) is -2.79. The number of benzene rings is 2. The van der Waals surface area contributed by atoms with Crippen molar-refractivity contribution in [3.63, 3.8) is 0 Å². The highest BCUT2D eigenvalue weighted by atomic mass is 35.5. The van der Waals surface area contributed by atoms with E-state index in [1.165, 1.54) is 6.92 Å². The van der Waals surface area contributed by atoms with Gasteiger partial charge in [0.15, 0.2) is 17.7 Å². The van der Waals surface area contributed by atoms with Crippen molar-refractivity contribution in [3.8, 4) is 0 Å². The predicted octanol–water partition coefficient (Wildman–Crippen LogP) is 5.29. The fourth-order valence-corrected chi connectivity index (χ4v) is 4.93. The molecule has 7 heteroatoms. The first kappa shape index (κ1) is 23.6. The molecule has 0 spiro atoms. The van der Waals surface area contributed by atoms with E-state index in [0.717, 1.165) is 29.2 Å². The average Bonchev–Trinajstić information content (AvgIpc) is 3.21. The van der Waals surface area contributed by atoms with Gasteiger partial charge in [-0.1, -0.05) is 62.2 Å². The Kier molecular flexibility index (Phi) is 6.92. The van der Waals surface area contributed by atoms with Crippen molar-refractivity contribution in [2.75, 3.05) is 0 Å². The summed E-state index contributed by atoms with van der Waals surface area (Å²) in [6.45, 7) is 7.40. The Morgan fingerprint density at radius 3 is 2.62 bits per heavy atom. The van der Waals surface area contributed by atoms with Gasteiger partial charge in [0.05, 0.1) is 18.5 Å². The first-order chi connectivity index (χ1) is 15.3. The van der Waals surface area contributed by atoms with Gasteiger partial charge < -0.3 is 18.9 Å². The second-order valence-electron chi connectivity index (χ2n) is 9.03. The molecule has 0 saturated carbocycles. The van der Waals surface area contributed by atoms with E-state index >= 15 is 0 Å². The molecular formula is C25H31ClO6. The summed E-state index contributed by atoms with van der Waals surface area (Å²) in [6.07, 6.45) is 0.143. The van der Waals surface area contributed by atoms with E-state index in [1.54, 1.807) is 13.8 Å². The second-order valence-corrected chi connectivity index (χ2v) is 9.21. The van der Waals surface area contributed by atoms with Gasteiger partial charge in [0.2, 0.25) is 0 Å². The molecule has 2 heterocycles. The maximum Gasteiger partial charge on any atom is 0.261 e. The normalized spacial score (nSPS) is 29.8. The van der Waals surface area contributed by atoms with Gasteiger partial charge in [-0.2, -0.15) is 0 Å². The summed E-state index contributed by atoms with van der Waals surface area (Å²) < 4.78 is 30.2. The largest absolute Gasteiger partial charge is 0.368 e. The van der Waals surface area contributed by atoms with Crippen LogP contribution in [0.2, 0.25) is 0 Å². The van der Waals surface area contributed by atoms with E-state index in [-0.39, 0.29) is 5.78 Å².